The summed E-state index contributed by atoms with van der Waals surface area (Å²) in [6, 6.07) is 11.6. The van der Waals surface area contributed by atoms with E-state index in [9.17, 15) is 0 Å². The van der Waals surface area contributed by atoms with Crippen LogP contribution in [0, 0.1) is 0 Å². The van der Waals surface area contributed by atoms with E-state index in [1.54, 1.807) is 20.4 Å². The molecule has 0 aliphatic carbocycles. The third kappa shape index (κ3) is 2.63. The first-order valence-electron chi connectivity index (χ1n) is 6.60. The van der Waals surface area contributed by atoms with E-state index in [0.29, 0.717) is 12.4 Å². The molecule has 5 heteroatoms. The highest BCUT2D eigenvalue weighted by atomic mass is 16.5. The fourth-order valence-corrected chi connectivity index (χ4v) is 2.21. The third-order valence-corrected chi connectivity index (χ3v) is 3.20. The summed E-state index contributed by atoms with van der Waals surface area (Å²) in [5, 5.41) is 4.27. The largest absolute Gasteiger partial charge is 0.493 e. The lowest BCUT2D eigenvalue weighted by Gasteiger charge is -2.08. The summed E-state index contributed by atoms with van der Waals surface area (Å²) < 4.78 is 16.3. The van der Waals surface area contributed by atoms with E-state index >= 15 is 0 Å². The topological polar surface area (TPSA) is 56.5 Å². The van der Waals surface area contributed by atoms with Gasteiger partial charge in [-0.15, -0.1) is 0 Å². The van der Waals surface area contributed by atoms with Gasteiger partial charge in [0.25, 0.3) is 0 Å². The Morgan fingerprint density at radius 2 is 2.05 bits per heavy atom. The summed E-state index contributed by atoms with van der Waals surface area (Å²) in [7, 11) is 3.23. The van der Waals surface area contributed by atoms with E-state index in [1.165, 1.54) is 0 Å². The van der Waals surface area contributed by atoms with Gasteiger partial charge < -0.3 is 19.2 Å². The number of anilines is 1. The van der Waals surface area contributed by atoms with Crippen LogP contribution in [0.2, 0.25) is 0 Å². The van der Waals surface area contributed by atoms with Crippen LogP contribution < -0.4 is 14.8 Å². The van der Waals surface area contributed by atoms with Gasteiger partial charge in [-0.1, -0.05) is 12.1 Å². The minimum atomic E-state index is 0.542. The number of fused-ring (bicyclic) bond motifs is 1. The van der Waals surface area contributed by atoms with Crippen molar-refractivity contribution in [3.8, 4) is 11.6 Å². The summed E-state index contributed by atoms with van der Waals surface area (Å²) in [6.07, 6.45) is 1.69. The first-order valence-corrected chi connectivity index (χ1v) is 6.60. The Bertz CT molecular complexity index is 752. The average Bonchev–Trinajstić information content (AvgIpc) is 2.96. The number of pyridine rings is 1. The number of aromatic nitrogens is 1. The first kappa shape index (κ1) is 13.3. The van der Waals surface area contributed by atoms with Crippen molar-refractivity contribution in [2.75, 3.05) is 19.5 Å². The molecule has 0 fully saturated rings. The van der Waals surface area contributed by atoms with Crippen LogP contribution in [0.1, 0.15) is 5.76 Å². The number of para-hydroxylation sites is 1. The predicted octanol–water partition coefficient (Wildman–Crippen LogP) is 3.46. The molecule has 0 unspecified atom stereocenters. The molecule has 0 spiro atoms. The molecule has 108 valence electrons. The molecular formula is C16H16N2O3. The summed E-state index contributed by atoms with van der Waals surface area (Å²) in [5.74, 6) is 2.12. The van der Waals surface area contributed by atoms with E-state index < -0.39 is 0 Å². The molecule has 0 amide bonds. The smallest absolute Gasteiger partial charge is 0.237 e. The molecule has 0 atom stereocenters. The Morgan fingerprint density at radius 3 is 2.86 bits per heavy atom. The summed E-state index contributed by atoms with van der Waals surface area (Å²) >= 11 is 0. The Kier molecular flexibility index (Phi) is 3.64. The second-order valence-corrected chi connectivity index (χ2v) is 4.51. The lowest BCUT2D eigenvalue weighted by molar-refractivity contribution is 0.399. The molecule has 0 aliphatic rings. The maximum absolute atomic E-state index is 5.84. The van der Waals surface area contributed by atoms with Crippen molar-refractivity contribution in [3.63, 3.8) is 0 Å². The van der Waals surface area contributed by atoms with Crippen LogP contribution in [0.25, 0.3) is 11.0 Å². The van der Waals surface area contributed by atoms with Gasteiger partial charge in [0.1, 0.15) is 5.76 Å². The van der Waals surface area contributed by atoms with Crippen LogP contribution in [0.5, 0.6) is 11.6 Å². The van der Waals surface area contributed by atoms with E-state index in [1.807, 2.05) is 36.4 Å². The van der Waals surface area contributed by atoms with Gasteiger partial charge in [0.2, 0.25) is 5.88 Å². The van der Waals surface area contributed by atoms with Crippen LogP contribution in [-0.4, -0.2) is 19.2 Å². The second kappa shape index (κ2) is 5.75. The molecule has 0 radical (unpaired) electrons. The Balaban J connectivity index is 1.82. The van der Waals surface area contributed by atoms with Gasteiger partial charge >= 0.3 is 0 Å². The minimum Gasteiger partial charge on any atom is -0.493 e. The van der Waals surface area contributed by atoms with Crippen LogP contribution >= 0.6 is 0 Å². The molecule has 2 heterocycles. The van der Waals surface area contributed by atoms with Gasteiger partial charge in [0.15, 0.2) is 11.3 Å². The highest BCUT2D eigenvalue weighted by molar-refractivity contribution is 5.83. The molecule has 1 N–H and O–H groups in total. The van der Waals surface area contributed by atoms with Gasteiger partial charge in [0, 0.05) is 11.6 Å². The predicted molar refractivity (Wildman–Crippen MR) is 80.9 cm³/mol. The second-order valence-electron chi connectivity index (χ2n) is 4.51. The number of nitrogens with zero attached hydrogens (tertiary/aromatic N) is 1. The molecular weight excluding hydrogens is 268 g/mol. The molecule has 0 bridgehead atoms. The quantitative estimate of drug-likeness (QED) is 0.777. The Morgan fingerprint density at radius 1 is 1.14 bits per heavy atom. The average molecular weight is 284 g/mol. The lowest BCUT2D eigenvalue weighted by atomic mass is 10.2. The number of rotatable bonds is 5. The summed E-state index contributed by atoms with van der Waals surface area (Å²) in [6.45, 7) is 0.542. The van der Waals surface area contributed by atoms with Gasteiger partial charge in [0.05, 0.1) is 26.5 Å². The number of ether oxygens (including phenoxy) is 2. The number of hydrogen-bond acceptors (Lipinski definition) is 5. The van der Waals surface area contributed by atoms with Gasteiger partial charge in [-0.25, -0.2) is 4.98 Å². The summed E-state index contributed by atoms with van der Waals surface area (Å²) in [5.41, 5.74) is 1.59. The molecule has 3 rings (SSSR count). The van der Waals surface area contributed by atoms with Crippen molar-refractivity contribution in [1.29, 1.82) is 0 Å². The summed E-state index contributed by atoms with van der Waals surface area (Å²) in [4.78, 5) is 4.14. The van der Waals surface area contributed by atoms with E-state index in [4.69, 9.17) is 13.9 Å². The fourth-order valence-electron chi connectivity index (χ4n) is 2.21. The molecule has 0 aliphatic heterocycles. The molecule has 0 saturated carbocycles. The first-order chi connectivity index (χ1) is 10.3. The monoisotopic (exact) mass is 284 g/mol. The number of benzene rings is 1. The van der Waals surface area contributed by atoms with Crippen LogP contribution in [-0.2, 0) is 6.54 Å². The number of methoxy groups -OCH3 is 2. The van der Waals surface area contributed by atoms with Gasteiger partial charge in [-0.2, -0.15) is 0 Å². The molecule has 3 aromatic rings. The van der Waals surface area contributed by atoms with Crippen molar-refractivity contribution in [2.24, 2.45) is 0 Å². The number of nitrogens with one attached hydrogen (secondary N) is 1. The van der Waals surface area contributed by atoms with Crippen molar-refractivity contribution in [1.82, 2.24) is 4.98 Å². The van der Waals surface area contributed by atoms with Crippen LogP contribution in [0.4, 0.5) is 5.69 Å². The normalized spacial score (nSPS) is 10.6. The van der Waals surface area contributed by atoms with Crippen molar-refractivity contribution in [2.45, 2.75) is 6.54 Å². The fraction of sp³-hybridized carbons (Fsp3) is 0.188. The lowest BCUT2D eigenvalue weighted by Crippen LogP contribution is -2.01. The molecule has 1 aromatic carbocycles. The highest BCUT2D eigenvalue weighted by Gasteiger charge is 2.09. The standard InChI is InChI=1S/C16H16N2O3/c1-19-14-7-3-5-11-9-12(21-15(11)14)10-18-13-6-4-8-17-16(13)20-2/h3-9,18H,10H2,1-2H3. The molecule has 5 nitrogen and oxygen atoms in total. The zero-order chi connectivity index (χ0) is 14.7. The maximum atomic E-state index is 5.84. The third-order valence-electron chi connectivity index (χ3n) is 3.20. The molecule has 21 heavy (non-hydrogen) atoms. The zero-order valence-corrected chi connectivity index (χ0v) is 11.9. The maximum Gasteiger partial charge on any atom is 0.237 e. The molecule has 0 saturated heterocycles. The zero-order valence-electron chi connectivity index (χ0n) is 11.9. The van der Waals surface area contributed by atoms with Crippen molar-refractivity contribution >= 4 is 16.7 Å². The van der Waals surface area contributed by atoms with Gasteiger partial charge in [-0.05, 0) is 24.3 Å². The van der Waals surface area contributed by atoms with Gasteiger partial charge in [-0.3, -0.25) is 0 Å². The van der Waals surface area contributed by atoms with Crippen molar-refractivity contribution in [3.05, 3.63) is 48.4 Å². The minimum absolute atomic E-state index is 0.542. The number of furan rings is 1. The van der Waals surface area contributed by atoms with E-state index in [2.05, 4.69) is 10.3 Å². The number of hydrogen-bond donors (Lipinski definition) is 1. The Labute approximate surface area is 122 Å². The van der Waals surface area contributed by atoms with Crippen LogP contribution in [0.15, 0.2) is 47.0 Å². The SMILES string of the molecule is COc1ncccc1NCc1cc2cccc(OC)c2o1. The highest BCUT2D eigenvalue weighted by Crippen LogP contribution is 2.29. The van der Waals surface area contributed by atoms with Crippen molar-refractivity contribution < 1.29 is 13.9 Å². The van der Waals surface area contributed by atoms with Crippen LogP contribution in [0.3, 0.4) is 0 Å². The van der Waals surface area contributed by atoms with E-state index in [0.717, 1.165) is 28.2 Å². The van der Waals surface area contributed by atoms with E-state index in [-0.39, 0.29) is 0 Å². The Hall–Kier alpha value is -2.69. The molecule has 2 aromatic heterocycles.